The van der Waals surface area contributed by atoms with Crippen LogP contribution in [0.1, 0.15) is 39.0 Å². The molecule has 3 atom stereocenters. The van der Waals surface area contributed by atoms with E-state index in [0.29, 0.717) is 25.0 Å². The fourth-order valence-electron chi connectivity index (χ4n) is 3.62. The second-order valence-corrected chi connectivity index (χ2v) is 6.12. The molecule has 0 aromatic rings. The van der Waals surface area contributed by atoms with E-state index in [1.54, 1.807) is 0 Å². The molecule has 0 aromatic carbocycles. The molecule has 1 aliphatic heterocycles. The topological polar surface area (TPSA) is 56.8 Å². The SMILES string of the molecule is CCOC(=O)C1(NC)CCCC1CCOCC1CCOC1. The van der Waals surface area contributed by atoms with Crippen LogP contribution in [0.5, 0.6) is 0 Å². The Morgan fingerprint density at radius 3 is 2.95 bits per heavy atom. The van der Waals surface area contributed by atoms with Crippen LogP contribution < -0.4 is 5.32 Å². The molecule has 0 radical (unpaired) electrons. The first-order valence-electron chi connectivity index (χ1n) is 8.24. The van der Waals surface area contributed by atoms with Crippen LogP contribution in [0.15, 0.2) is 0 Å². The highest BCUT2D eigenvalue weighted by atomic mass is 16.5. The van der Waals surface area contributed by atoms with Gasteiger partial charge in [-0.3, -0.25) is 4.79 Å². The van der Waals surface area contributed by atoms with Gasteiger partial charge in [0.15, 0.2) is 0 Å². The molecule has 0 spiro atoms. The summed E-state index contributed by atoms with van der Waals surface area (Å²) in [5.74, 6) is 0.758. The van der Waals surface area contributed by atoms with Crippen LogP contribution in [0, 0.1) is 11.8 Å². The molecular formula is C16H29NO4. The number of hydrogen-bond acceptors (Lipinski definition) is 5. The molecule has 1 aliphatic carbocycles. The normalized spacial score (nSPS) is 32.5. The second kappa shape index (κ2) is 8.11. The summed E-state index contributed by atoms with van der Waals surface area (Å²) < 4.78 is 16.4. The van der Waals surface area contributed by atoms with Gasteiger partial charge in [0.25, 0.3) is 0 Å². The van der Waals surface area contributed by atoms with E-state index < -0.39 is 5.54 Å². The molecule has 2 aliphatic rings. The van der Waals surface area contributed by atoms with Crippen LogP contribution in [0.2, 0.25) is 0 Å². The lowest BCUT2D eigenvalue weighted by Gasteiger charge is -2.33. The van der Waals surface area contributed by atoms with Gasteiger partial charge in [-0.25, -0.2) is 0 Å². The Morgan fingerprint density at radius 1 is 1.43 bits per heavy atom. The molecule has 1 saturated heterocycles. The molecule has 1 heterocycles. The van der Waals surface area contributed by atoms with Gasteiger partial charge in [-0.15, -0.1) is 0 Å². The molecule has 0 aromatic heterocycles. The Balaban J connectivity index is 1.78. The first-order valence-corrected chi connectivity index (χ1v) is 8.24. The highest BCUT2D eigenvalue weighted by Crippen LogP contribution is 2.38. The third kappa shape index (κ3) is 3.96. The van der Waals surface area contributed by atoms with Crippen molar-refractivity contribution >= 4 is 5.97 Å². The van der Waals surface area contributed by atoms with E-state index >= 15 is 0 Å². The molecule has 5 heteroatoms. The van der Waals surface area contributed by atoms with Gasteiger partial charge in [0.2, 0.25) is 0 Å². The molecule has 1 N–H and O–H groups in total. The van der Waals surface area contributed by atoms with Gasteiger partial charge in [-0.1, -0.05) is 6.42 Å². The summed E-state index contributed by atoms with van der Waals surface area (Å²) in [7, 11) is 1.87. The Kier molecular flexibility index (Phi) is 6.45. The largest absolute Gasteiger partial charge is 0.465 e. The molecule has 3 unspecified atom stereocenters. The van der Waals surface area contributed by atoms with Crippen LogP contribution in [0.4, 0.5) is 0 Å². The lowest BCUT2D eigenvalue weighted by Crippen LogP contribution is -2.54. The smallest absolute Gasteiger partial charge is 0.326 e. The van der Waals surface area contributed by atoms with Crippen molar-refractivity contribution < 1.29 is 19.0 Å². The Morgan fingerprint density at radius 2 is 2.29 bits per heavy atom. The van der Waals surface area contributed by atoms with Crippen LogP contribution in [0.3, 0.4) is 0 Å². The van der Waals surface area contributed by atoms with Gasteiger partial charge in [0.05, 0.1) is 19.8 Å². The summed E-state index contributed by atoms with van der Waals surface area (Å²) in [6.07, 6.45) is 5.01. The van der Waals surface area contributed by atoms with Gasteiger partial charge < -0.3 is 19.5 Å². The fourth-order valence-corrected chi connectivity index (χ4v) is 3.62. The third-order valence-electron chi connectivity index (χ3n) is 4.89. The maximum absolute atomic E-state index is 12.3. The van der Waals surface area contributed by atoms with Crippen LogP contribution in [-0.4, -0.2) is 51.6 Å². The van der Waals surface area contributed by atoms with Crippen molar-refractivity contribution in [3.8, 4) is 0 Å². The first-order chi connectivity index (χ1) is 10.2. The summed E-state index contributed by atoms with van der Waals surface area (Å²) in [6.45, 7) is 5.48. The van der Waals surface area contributed by atoms with E-state index in [1.807, 2.05) is 14.0 Å². The molecule has 2 fully saturated rings. The van der Waals surface area contributed by atoms with Gasteiger partial charge in [-0.2, -0.15) is 0 Å². The third-order valence-corrected chi connectivity index (χ3v) is 4.89. The molecule has 122 valence electrons. The lowest BCUT2D eigenvalue weighted by molar-refractivity contribution is -0.153. The van der Waals surface area contributed by atoms with Crippen molar-refractivity contribution in [1.29, 1.82) is 0 Å². The van der Waals surface area contributed by atoms with E-state index in [9.17, 15) is 4.79 Å². The van der Waals surface area contributed by atoms with Crippen molar-refractivity contribution in [1.82, 2.24) is 5.32 Å². The number of hydrogen-bond donors (Lipinski definition) is 1. The van der Waals surface area contributed by atoms with Crippen LogP contribution >= 0.6 is 0 Å². The van der Waals surface area contributed by atoms with Crippen molar-refractivity contribution in [2.24, 2.45) is 11.8 Å². The summed E-state index contributed by atoms with van der Waals surface area (Å²) >= 11 is 0. The number of carbonyl (C=O) groups is 1. The Labute approximate surface area is 127 Å². The van der Waals surface area contributed by atoms with E-state index in [1.165, 1.54) is 0 Å². The van der Waals surface area contributed by atoms with Gasteiger partial charge >= 0.3 is 5.97 Å². The number of nitrogens with one attached hydrogen (secondary N) is 1. The molecule has 1 saturated carbocycles. The molecule has 0 amide bonds. The predicted octanol–water partition coefficient (Wildman–Crippen LogP) is 1.75. The average molecular weight is 299 g/mol. The van der Waals surface area contributed by atoms with Crippen LogP contribution in [-0.2, 0) is 19.0 Å². The van der Waals surface area contributed by atoms with E-state index in [4.69, 9.17) is 14.2 Å². The minimum atomic E-state index is -0.504. The first kappa shape index (κ1) is 16.7. The maximum Gasteiger partial charge on any atom is 0.326 e. The number of carbonyl (C=O) groups excluding carboxylic acids is 1. The van der Waals surface area contributed by atoms with Gasteiger partial charge in [0.1, 0.15) is 5.54 Å². The number of ether oxygens (including phenoxy) is 3. The van der Waals surface area contributed by atoms with Crippen molar-refractivity contribution in [2.75, 3.05) is 40.1 Å². The van der Waals surface area contributed by atoms with E-state index in [2.05, 4.69) is 5.32 Å². The van der Waals surface area contributed by atoms with Gasteiger partial charge in [0, 0.05) is 19.1 Å². The van der Waals surface area contributed by atoms with E-state index in [0.717, 1.165) is 51.9 Å². The van der Waals surface area contributed by atoms with Gasteiger partial charge in [-0.05, 0) is 45.6 Å². The van der Waals surface area contributed by atoms with Crippen molar-refractivity contribution in [2.45, 2.75) is 44.6 Å². The lowest BCUT2D eigenvalue weighted by atomic mass is 9.85. The van der Waals surface area contributed by atoms with Crippen molar-refractivity contribution in [3.05, 3.63) is 0 Å². The Hall–Kier alpha value is -0.650. The Bertz CT molecular complexity index is 330. The second-order valence-electron chi connectivity index (χ2n) is 6.12. The van der Waals surface area contributed by atoms with Crippen molar-refractivity contribution in [3.63, 3.8) is 0 Å². The number of esters is 1. The predicted molar refractivity (Wildman–Crippen MR) is 80.1 cm³/mol. The monoisotopic (exact) mass is 299 g/mol. The minimum Gasteiger partial charge on any atom is -0.465 e. The van der Waals surface area contributed by atoms with Crippen LogP contribution in [0.25, 0.3) is 0 Å². The molecule has 5 nitrogen and oxygen atoms in total. The quantitative estimate of drug-likeness (QED) is 0.546. The minimum absolute atomic E-state index is 0.0980. The molecule has 21 heavy (non-hydrogen) atoms. The standard InChI is InChI=1S/C16H29NO4/c1-3-21-15(18)16(17-2)8-4-5-14(16)7-10-20-12-13-6-9-19-11-13/h13-14,17H,3-12H2,1-2H3. The molecule has 0 bridgehead atoms. The number of likely N-dealkylation sites (N-methyl/N-ethyl adjacent to an activating group) is 1. The zero-order valence-corrected chi connectivity index (χ0v) is 13.4. The summed E-state index contributed by atoms with van der Waals surface area (Å²) in [6, 6.07) is 0. The fraction of sp³-hybridized carbons (Fsp3) is 0.938. The zero-order chi connectivity index (χ0) is 15.1. The summed E-state index contributed by atoms with van der Waals surface area (Å²) in [5, 5.41) is 3.24. The van der Waals surface area contributed by atoms with E-state index in [-0.39, 0.29) is 5.97 Å². The maximum atomic E-state index is 12.3. The summed E-state index contributed by atoms with van der Waals surface area (Å²) in [5.41, 5.74) is -0.504. The average Bonchev–Trinajstić information content (AvgIpc) is 3.14. The highest BCUT2D eigenvalue weighted by Gasteiger charge is 2.48. The molecule has 2 rings (SSSR count). The molecular weight excluding hydrogens is 270 g/mol. The highest BCUT2D eigenvalue weighted by molar-refractivity contribution is 5.81. The summed E-state index contributed by atoms with van der Waals surface area (Å²) in [4.78, 5) is 12.3. The zero-order valence-electron chi connectivity index (χ0n) is 13.4. The number of rotatable bonds is 8.